The summed E-state index contributed by atoms with van der Waals surface area (Å²) in [6.45, 7) is 4.70. The van der Waals surface area contributed by atoms with Crippen LogP contribution in [-0.4, -0.2) is 75.3 Å². The number of rotatable bonds is 6. The summed E-state index contributed by atoms with van der Waals surface area (Å²) >= 11 is 1.51. The minimum absolute atomic E-state index is 0.0429. The lowest BCUT2D eigenvalue weighted by Gasteiger charge is -2.26. The van der Waals surface area contributed by atoms with Gasteiger partial charge in [0.15, 0.2) is 10.8 Å². The molecule has 0 bridgehead atoms. The van der Waals surface area contributed by atoms with Gasteiger partial charge in [0.25, 0.3) is 5.56 Å². The molecular weight excluding hydrogens is 416 g/mol. The number of carbonyl (C=O) groups is 1. The van der Waals surface area contributed by atoms with Gasteiger partial charge in [-0.15, -0.1) is 0 Å². The van der Waals surface area contributed by atoms with Crippen LogP contribution >= 0.6 is 11.8 Å². The van der Waals surface area contributed by atoms with E-state index >= 15 is 0 Å². The number of benzene rings is 1. The highest BCUT2D eigenvalue weighted by Crippen LogP contribution is 2.33. The first-order chi connectivity index (χ1) is 15.2. The molecule has 0 aliphatic carbocycles. The molecule has 2 aliphatic rings. The molecule has 1 N–H and O–H groups in total. The summed E-state index contributed by atoms with van der Waals surface area (Å²) in [6, 6.07) is 9.43. The van der Waals surface area contributed by atoms with E-state index in [9.17, 15) is 9.59 Å². The fourth-order valence-electron chi connectivity index (χ4n) is 4.00. The van der Waals surface area contributed by atoms with Crippen molar-refractivity contribution in [1.29, 1.82) is 0 Å². The first-order valence-corrected chi connectivity index (χ1v) is 11.4. The van der Waals surface area contributed by atoms with Gasteiger partial charge in [0, 0.05) is 38.4 Å². The van der Waals surface area contributed by atoms with Crippen molar-refractivity contribution in [1.82, 2.24) is 29.5 Å². The topological polar surface area (TPSA) is 94.3 Å². The molecule has 1 atom stereocenters. The molecule has 2 aromatic heterocycles. The largest absolute Gasteiger partial charge is 0.379 e. The van der Waals surface area contributed by atoms with Crippen molar-refractivity contribution in [2.75, 3.05) is 45.1 Å². The predicted octanol–water partition coefficient (Wildman–Crippen LogP) is 1.07. The zero-order chi connectivity index (χ0) is 21.2. The SMILES string of the molecule is O=C(C[C@H]1CSc2nc3c(cnn3-c3ccccc3)c(=O)n21)NCCN1CCOCC1. The number of nitrogens with one attached hydrogen (secondary N) is 1. The predicted molar refractivity (Wildman–Crippen MR) is 118 cm³/mol. The van der Waals surface area contributed by atoms with E-state index in [1.165, 1.54) is 11.8 Å². The summed E-state index contributed by atoms with van der Waals surface area (Å²) in [5.74, 6) is 0.614. The van der Waals surface area contributed by atoms with Crippen molar-refractivity contribution in [3.8, 4) is 5.69 Å². The Balaban J connectivity index is 1.30. The van der Waals surface area contributed by atoms with E-state index in [0.717, 1.165) is 38.5 Å². The van der Waals surface area contributed by atoms with Gasteiger partial charge < -0.3 is 10.1 Å². The molecule has 1 amide bonds. The van der Waals surface area contributed by atoms with Crippen LogP contribution in [0, 0.1) is 0 Å². The second-order valence-electron chi connectivity index (χ2n) is 7.67. The normalized spacial score (nSPS) is 18.9. The maximum absolute atomic E-state index is 13.2. The summed E-state index contributed by atoms with van der Waals surface area (Å²) in [5, 5.41) is 8.47. The van der Waals surface area contributed by atoms with Crippen LogP contribution in [0.25, 0.3) is 16.7 Å². The van der Waals surface area contributed by atoms with Crippen LogP contribution in [0.5, 0.6) is 0 Å². The smallest absolute Gasteiger partial charge is 0.265 e. The Bertz CT molecular complexity index is 1140. The van der Waals surface area contributed by atoms with E-state index < -0.39 is 0 Å². The molecule has 1 fully saturated rings. The van der Waals surface area contributed by atoms with Gasteiger partial charge in [0.2, 0.25) is 5.91 Å². The van der Waals surface area contributed by atoms with Crippen LogP contribution in [0.4, 0.5) is 0 Å². The van der Waals surface area contributed by atoms with Gasteiger partial charge in [-0.2, -0.15) is 5.10 Å². The van der Waals surface area contributed by atoms with Crippen LogP contribution in [-0.2, 0) is 9.53 Å². The molecule has 0 radical (unpaired) electrons. The van der Waals surface area contributed by atoms with Crippen molar-refractivity contribution in [2.24, 2.45) is 0 Å². The molecule has 5 rings (SSSR count). The van der Waals surface area contributed by atoms with Gasteiger partial charge in [-0.3, -0.25) is 19.1 Å². The lowest BCUT2D eigenvalue weighted by molar-refractivity contribution is -0.121. The highest BCUT2D eigenvalue weighted by molar-refractivity contribution is 7.99. The second-order valence-corrected chi connectivity index (χ2v) is 8.66. The van der Waals surface area contributed by atoms with Crippen molar-refractivity contribution in [3.63, 3.8) is 0 Å². The number of morpholine rings is 1. The number of aromatic nitrogens is 4. The molecule has 1 saturated heterocycles. The average molecular weight is 441 g/mol. The molecule has 162 valence electrons. The molecule has 1 aromatic carbocycles. The van der Waals surface area contributed by atoms with E-state index in [4.69, 9.17) is 9.72 Å². The summed E-state index contributed by atoms with van der Waals surface area (Å²) in [5.41, 5.74) is 1.26. The van der Waals surface area contributed by atoms with Crippen LogP contribution in [0.1, 0.15) is 12.5 Å². The number of fused-ring (bicyclic) bond motifs is 2. The maximum atomic E-state index is 13.2. The van der Waals surface area contributed by atoms with Gasteiger partial charge >= 0.3 is 0 Å². The Labute approximate surface area is 183 Å². The summed E-state index contributed by atoms with van der Waals surface area (Å²) in [7, 11) is 0. The fraction of sp³-hybridized carbons (Fsp3) is 0.429. The van der Waals surface area contributed by atoms with E-state index in [2.05, 4.69) is 15.3 Å². The molecule has 0 saturated carbocycles. The minimum Gasteiger partial charge on any atom is -0.379 e. The zero-order valence-electron chi connectivity index (χ0n) is 17.1. The third-order valence-corrected chi connectivity index (χ3v) is 6.74. The monoisotopic (exact) mass is 440 g/mol. The number of carbonyl (C=O) groups excluding carboxylic acids is 1. The number of hydrogen-bond acceptors (Lipinski definition) is 7. The van der Waals surface area contributed by atoms with Gasteiger partial charge in [0.1, 0.15) is 5.39 Å². The molecule has 2 aliphatic heterocycles. The van der Waals surface area contributed by atoms with Crippen LogP contribution < -0.4 is 10.9 Å². The number of amides is 1. The van der Waals surface area contributed by atoms with Crippen molar-refractivity contribution in [2.45, 2.75) is 17.6 Å². The molecule has 0 unspecified atom stereocenters. The van der Waals surface area contributed by atoms with Gasteiger partial charge in [-0.1, -0.05) is 30.0 Å². The standard InChI is InChI=1S/C21H24N6O3S/c28-18(22-6-7-25-8-10-30-11-9-25)12-16-14-31-21-24-19-17(20(29)26(16)21)13-23-27(19)15-4-2-1-3-5-15/h1-5,13,16H,6-12,14H2,(H,22,28)/t16-/m0/s1. The Morgan fingerprint density at radius 2 is 2.03 bits per heavy atom. The Morgan fingerprint density at radius 3 is 2.84 bits per heavy atom. The van der Waals surface area contributed by atoms with Crippen molar-refractivity contribution in [3.05, 3.63) is 46.9 Å². The van der Waals surface area contributed by atoms with E-state index in [1.54, 1.807) is 15.4 Å². The van der Waals surface area contributed by atoms with Crippen LogP contribution in [0.15, 0.2) is 46.5 Å². The van der Waals surface area contributed by atoms with Crippen LogP contribution in [0.2, 0.25) is 0 Å². The van der Waals surface area contributed by atoms with Crippen molar-refractivity contribution < 1.29 is 9.53 Å². The quantitative estimate of drug-likeness (QED) is 0.573. The van der Waals surface area contributed by atoms with E-state index in [1.807, 2.05) is 30.3 Å². The number of hydrogen-bond donors (Lipinski definition) is 1. The number of para-hydroxylation sites is 1. The molecule has 0 spiro atoms. The highest BCUT2D eigenvalue weighted by atomic mass is 32.2. The van der Waals surface area contributed by atoms with Gasteiger partial charge in [-0.05, 0) is 12.1 Å². The van der Waals surface area contributed by atoms with Crippen molar-refractivity contribution >= 4 is 28.7 Å². The lowest BCUT2D eigenvalue weighted by atomic mass is 10.2. The molecule has 10 heteroatoms. The summed E-state index contributed by atoms with van der Waals surface area (Å²) in [6.07, 6.45) is 1.83. The number of nitrogens with zero attached hydrogens (tertiary/aromatic N) is 5. The van der Waals surface area contributed by atoms with Gasteiger partial charge in [-0.25, -0.2) is 9.67 Å². The summed E-state index contributed by atoms with van der Waals surface area (Å²) in [4.78, 5) is 32.7. The number of ether oxygens (including phenoxy) is 1. The molecule has 3 aromatic rings. The highest BCUT2D eigenvalue weighted by Gasteiger charge is 2.29. The first kappa shape index (κ1) is 20.2. The average Bonchev–Trinajstić information content (AvgIpc) is 3.40. The van der Waals surface area contributed by atoms with E-state index in [-0.39, 0.29) is 23.9 Å². The number of thioether (sulfide) groups is 1. The molecule has 9 nitrogen and oxygen atoms in total. The minimum atomic E-state index is -0.201. The molecule has 31 heavy (non-hydrogen) atoms. The zero-order valence-corrected chi connectivity index (χ0v) is 17.9. The third kappa shape index (κ3) is 4.10. The lowest BCUT2D eigenvalue weighted by Crippen LogP contribution is -2.41. The second kappa shape index (κ2) is 8.81. The fourth-order valence-corrected chi connectivity index (χ4v) is 5.13. The van der Waals surface area contributed by atoms with Crippen LogP contribution in [0.3, 0.4) is 0 Å². The maximum Gasteiger partial charge on any atom is 0.265 e. The Hall–Kier alpha value is -2.69. The molecular formula is C21H24N6O3S. The Kier molecular flexibility index (Phi) is 5.75. The summed E-state index contributed by atoms with van der Waals surface area (Å²) < 4.78 is 8.68. The first-order valence-electron chi connectivity index (χ1n) is 10.5. The Morgan fingerprint density at radius 1 is 1.23 bits per heavy atom. The molecule has 4 heterocycles. The van der Waals surface area contributed by atoms with Gasteiger partial charge in [0.05, 0.1) is 31.1 Å². The third-order valence-electron chi connectivity index (χ3n) is 5.65. The van der Waals surface area contributed by atoms with E-state index in [0.29, 0.717) is 28.5 Å².